The highest BCUT2D eigenvalue weighted by Crippen LogP contribution is 2.35. The molecule has 2 unspecified atom stereocenters. The quantitative estimate of drug-likeness (QED) is 0.912. The zero-order valence-corrected chi connectivity index (χ0v) is 13.2. The van der Waals surface area contributed by atoms with E-state index in [2.05, 4.69) is 33.2 Å². The van der Waals surface area contributed by atoms with Gasteiger partial charge in [-0.25, -0.2) is 4.39 Å². The average Bonchev–Trinajstić information content (AvgIpc) is 2.56. The van der Waals surface area contributed by atoms with Crippen LogP contribution in [0.3, 0.4) is 0 Å². The lowest BCUT2D eigenvalue weighted by Gasteiger charge is -2.33. The van der Waals surface area contributed by atoms with Gasteiger partial charge in [-0.2, -0.15) is 0 Å². The molecule has 1 heterocycles. The predicted molar refractivity (Wildman–Crippen MR) is 80.7 cm³/mol. The number of benzene rings is 1. The summed E-state index contributed by atoms with van der Waals surface area (Å²) in [7, 11) is 4.14. The van der Waals surface area contributed by atoms with Gasteiger partial charge < -0.3 is 5.32 Å². The number of hydrogen-bond acceptors (Lipinski definition) is 2. The van der Waals surface area contributed by atoms with Crippen LogP contribution in [0.25, 0.3) is 0 Å². The molecule has 19 heavy (non-hydrogen) atoms. The second-order valence-corrected chi connectivity index (χ2v) is 6.27. The normalized spacial score (nSPS) is 25.3. The summed E-state index contributed by atoms with van der Waals surface area (Å²) in [5.74, 6) is 0.372. The Labute approximate surface area is 123 Å². The molecule has 2 atom stereocenters. The Bertz CT molecular complexity index is 425. The van der Waals surface area contributed by atoms with Crippen LogP contribution in [-0.4, -0.2) is 32.1 Å². The summed E-state index contributed by atoms with van der Waals surface area (Å²) in [5.41, 5.74) is 1.09. The van der Waals surface area contributed by atoms with Gasteiger partial charge in [-0.1, -0.05) is 12.5 Å². The van der Waals surface area contributed by atoms with Crippen molar-refractivity contribution < 1.29 is 4.39 Å². The molecule has 2 rings (SSSR count). The molecular weight excluding hydrogens is 307 g/mol. The third-order valence-corrected chi connectivity index (χ3v) is 4.65. The number of nitrogens with one attached hydrogen (secondary N) is 1. The first-order valence-electron chi connectivity index (χ1n) is 6.93. The summed E-state index contributed by atoms with van der Waals surface area (Å²) in [6.45, 7) is 2.06. The lowest BCUT2D eigenvalue weighted by molar-refractivity contribution is 0.190. The highest BCUT2D eigenvalue weighted by atomic mass is 79.9. The summed E-state index contributed by atoms with van der Waals surface area (Å²) >= 11 is 3.23. The minimum Gasteiger partial charge on any atom is -0.319 e. The third-order valence-electron chi connectivity index (χ3n) is 4.01. The minimum atomic E-state index is -0.168. The summed E-state index contributed by atoms with van der Waals surface area (Å²) in [6.07, 6.45) is 3.69. The molecule has 0 aliphatic carbocycles. The average molecular weight is 329 g/mol. The van der Waals surface area contributed by atoms with Crippen molar-refractivity contribution in [2.24, 2.45) is 5.92 Å². The van der Waals surface area contributed by atoms with Crippen LogP contribution in [0.5, 0.6) is 0 Å². The molecule has 4 heteroatoms. The van der Waals surface area contributed by atoms with Crippen LogP contribution in [0.15, 0.2) is 22.7 Å². The van der Waals surface area contributed by atoms with Crippen LogP contribution in [0.1, 0.15) is 30.9 Å². The van der Waals surface area contributed by atoms with Gasteiger partial charge in [-0.15, -0.1) is 0 Å². The Balaban J connectivity index is 2.31. The molecule has 106 valence electrons. The van der Waals surface area contributed by atoms with Gasteiger partial charge in [0.05, 0.1) is 4.47 Å². The molecule has 0 amide bonds. The molecule has 0 radical (unpaired) electrons. The Morgan fingerprint density at radius 1 is 1.42 bits per heavy atom. The molecular formula is C15H22BrFN2. The monoisotopic (exact) mass is 328 g/mol. The Morgan fingerprint density at radius 2 is 2.21 bits per heavy atom. The number of likely N-dealkylation sites (tertiary alicyclic amines) is 1. The van der Waals surface area contributed by atoms with Crippen molar-refractivity contribution in [2.75, 3.05) is 27.2 Å². The number of hydrogen-bond donors (Lipinski definition) is 1. The van der Waals surface area contributed by atoms with E-state index in [1.807, 2.05) is 19.2 Å². The molecule has 1 N–H and O–H groups in total. The molecule has 1 saturated heterocycles. The summed E-state index contributed by atoms with van der Waals surface area (Å²) in [5, 5.41) is 3.28. The predicted octanol–water partition coefficient (Wildman–Crippen LogP) is 3.58. The van der Waals surface area contributed by atoms with Crippen LogP contribution in [0, 0.1) is 11.7 Å². The van der Waals surface area contributed by atoms with Gasteiger partial charge in [-0.05, 0) is 79.6 Å². The Kier molecular flexibility index (Phi) is 5.37. The smallest absolute Gasteiger partial charge is 0.137 e. The molecule has 0 spiro atoms. The SMILES string of the molecule is CNCC1CCCCN(C)C1c1ccc(Br)c(F)c1. The van der Waals surface area contributed by atoms with Crippen LogP contribution >= 0.6 is 15.9 Å². The van der Waals surface area contributed by atoms with Gasteiger partial charge in [-0.3, -0.25) is 4.90 Å². The van der Waals surface area contributed by atoms with E-state index in [1.54, 1.807) is 6.07 Å². The number of rotatable bonds is 3. The molecule has 0 bridgehead atoms. The minimum absolute atomic E-state index is 0.168. The summed E-state index contributed by atoms with van der Waals surface area (Å²) < 4.78 is 14.3. The number of halogens is 2. The van der Waals surface area contributed by atoms with Crippen molar-refractivity contribution in [3.05, 3.63) is 34.1 Å². The zero-order chi connectivity index (χ0) is 13.8. The largest absolute Gasteiger partial charge is 0.319 e. The highest BCUT2D eigenvalue weighted by molar-refractivity contribution is 9.10. The van der Waals surface area contributed by atoms with E-state index in [1.165, 1.54) is 19.3 Å². The van der Waals surface area contributed by atoms with Crippen LogP contribution < -0.4 is 5.32 Å². The van der Waals surface area contributed by atoms with E-state index < -0.39 is 0 Å². The maximum atomic E-state index is 13.8. The lowest BCUT2D eigenvalue weighted by atomic mass is 9.89. The zero-order valence-electron chi connectivity index (χ0n) is 11.6. The fourth-order valence-corrected chi connectivity index (χ4v) is 3.37. The molecule has 1 aromatic carbocycles. The molecule has 1 aromatic rings. The fraction of sp³-hybridized carbons (Fsp3) is 0.600. The summed E-state index contributed by atoms with van der Waals surface area (Å²) in [4.78, 5) is 2.37. The first-order chi connectivity index (χ1) is 9.13. The van der Waals surface area contributed by atoms with Crippen molar-refractivity contribution in [3.63, 3.8) is 0 Å². The maximum absolute atomic E-state index is 13.8. The van der Waals surface area contributed by atoms with Crippen molar-refractivity contribution in [3.8, 4) is 0 Å². The van der Waals surface area contributed by atoms with Crippen molar-refractivity contribution in [1.29, 1.82) is 0 Å². The summed E-state index contributed by atoms with van der Waals surface area (Å²) in [6, 6.07) is 5.85. The Morgan fingerprint density at radius 3 is 2.89 bits per heavy atom. The van der Waals surface area contributed by atoms with E-state index in [4.69, 9.17) is 0 Å². The van der Waals surface area contributed by atoms with E-state index in [9.17, 15) is 4.39 Å². The van der Waals surface area contributed by atoms with Gasteiger partial charge in [0.2, 0.25) is 0 Å². The molecule has 1 aliphatic rings. The second-order valence-electron chi connectivity index (χ2n) is 5.41. The molecule has 0 aromatic heterocycles. The van der Waals surface area contributed by atoms with Crippen LogP contribution in [0.4, 0.5) is 4.39 Å². The van der Waals surface area contributed by atoms with E-state index in [0.717, 1.165) is 18.7 Å². The van der Waals surface area contributed by atoms with Gasteiger partial charge in [0.15, 0.2) is 0 Å². The standard InChI is InChI=1S/C15H22BrFN2/c1-18-10-12-5-3-4-8-19(2)15(12)11-6-7-13(16)14(17)9-11/h6-7,9,12,15,18H,3-5,8,10H2,1-2H3. The molecule has 0 saturated carbocycles. The van der Waals surface area contributed by atoms with Gasteiger partial charge >= 0.3 is 0 Å². The molecule has 1 aliphatic heterocycles. The Hall–Kier alpha value is -0.450. The topological polar surface area (TPSA) is 15.3 Å². The van der Waals surface area contributed by atoms with Gasteiger partial charge in [0.25, 0.3) is 0 Å². The first-order valence-corrected chi connectivity index (χ1v) is 7.72. The van der Waals surface area contributed by atoms with Crippen molar-refractivity contribution in [1.82, 2.24) is 10.2 Å². The fourth-order valence-electron chi connectivity index (χ4n) is 3.12. The van der Waals surface area contributed by atoms with Crippen molar-refractivity contribution in [2.45, 2.75) is 25.3 Å². The third kappa shape index (κ3) is 3.56. The van der Waals surface area contributed by atoms with Crippen molar-refractivity contribution >= 4 is 15.9 Å². The number of nitrogens with zero attached hydrogens (tertiary/aromatic N) is 1. The van der Waals surface area contributed by atoms with E-state index >= 15 is 0 Å². The maximum Gasteiger partial charge on any atom is 0.137 e. The molecule has 1 fully saturated rings. The molecule has 2 nitrogen and oxygen atoms in total. The van der Waals surface area contributed by atoms with E-state index in [-0.39, 0.29) is 5.82 Å². The van der Waals surface area contributed by atoms with Gasteiger partial charge in [0, 0.05) is 6.04 Å². The van der Waals surface area contributed by atoms with Crippen LogP contribution in [0.2, 0.25) is 0 Å². The van der Waals surface area contributed by atoms with Crippen LogP contribution in [-0.2, 0) is 0 Å². The lowest BCUT2D eigenvalue weighted by Crippen LogP contribution is -2.34. The van der Waals surface area contributed by atoms with Gasteiger partial charge in [0.1, 0.15) is 5.82 Å². The van der Waals surface area contributed by atoms with E-state index in [0.29, 0.717) is 16.4 Å². The second kappa shape index (κ2) is 6.82. The first kappa shape index (κ1) is 14.9. The highest BCUT2D eigenvalue weighted by Gasteiger charge is 2.28.